The summed E-state index contributed by atoms with van der Waals surface area (Å²) >= 11 is 3.71. The lowest BCUT2D eigenvalue weighted by Gasteiger charge is -2.04. The Morgan fingerprint density at radius 3 is 2.21 bits per heavy atom. The largest absolute Gasteiger partial charge is 0.480 e. The molecule has 1 atom stereocenters. The molecule has 0 fully saturated rings. The van der Waals surface area contributed by atoms with E-state index in [9.17, 15) is 9.59 Å². The normalized spacial score (nSPS) is 12.1. The van der Waals surface area contributed by atoms with Crippen molar-refractivity contribution in [2.45, 2.75) is 12.2 Å². The molecule has 74 valence electrons. The Morgan fingerprint density at radius 1 is 1.29 bits per heavy atom. The minimum absolute atomic E-state index is 0.373. The van der Waals surface area contributed by atoms with Crippen molar-refractivity contribution in [2.75, 3.05) is 0 Å². The molecule has 4 heteroatoms. The molecule has 0 saturated heterocycles. The number of carbonyl (C=O) groups is 2. The fourth-order valence-corrected chi connectivity index (χ4v) is 1.14. The average Bonchev–Trinajstić information content (AvgIpc) is 2.16. The lowest BCUT2D eigenvalue weighted by atomic mass is 10.1. The molecule has 1 rings (SSSR count). The Morgan fingerprint density at radius 2 is 1.79 bits per heavy atom. The van der Waals surface area contributed by atoms with Gasteiger partial charge in [0.2, 0.25) is 0 Å². The van der Waals surface area contributed by atoms with Crippen LogP contribution in [0.1, 0.15) is 15.9 Å². The molecule has 0 bridgehead atoms. The second kappa shape index (κ2) is 4.28. The highest BCUT2D eigenvalue weighted by atomic mass is 32.1. The molecule has 1 unspecified atom stereocenters. The zero-order valence-corrected chi connectivity index (χ0v) is 8.49. The zero-order chi connectivity index (χ0) is 10.7. The van der Waals surface area contributed by atoms with Crippen molar-refractivity contribution in [3.63, 3.8) is 0 Å². The summed E-state index contributed by atoms with van der Waals surface area (Å²) in [5.74, 6) is -1.71. The Kier molecular flexibility index (Phi) is 3.30. The summed E-state index contributed by atoms with van der Waals surface area (Å²) in [6.07, 6.45) is 0. The van der Waals surface area contributed by atoms with Crippen LogP contribution in [0.2, 0.25) is 0 Å². The van der Waals surface area contributed by atoms with Gasteiger partial charge >= 0.3 is 5.97 Å². The van der Waals surface area contributed by atoms with E-state index in [2.05, 4.69) is 12.6 Å². The van der Waals surface area contributed by atoms with E-state index in [1.807, 2.05) is 6.92 Å². The number of thiol groups is 1. The lowest BCUT2D eigenvalue weighted by molar-refractivity contribution is -0.135. The second-order valence-corrected chi connectivity index (χ2v) is 3.49. The molecule has 0 aromatic heterocycles. The summed E-state index contributed by atoms with van der Waals surface area (Å²) < 4.78 is 0. The Hall–Kier alpha value is -1.29. The molecule has 0 heterocycles. The van der Waals surface area contributed by atoms with Crippen LogP contribution < -0.4 is 0 Å². The molecule has 0 amide bonds. The molecule has 0 radical (unpaired) electrons. The number of hydrogen-bond donors (Lipinski definition) is 2. The lowest BCUT2D eigenvalue weighted by Crippen LogP contribution is -2.24. The van der Waals surface area contributed by atoms with E-state index < -0.39 is 17.0 Å². The van der Waals surface area contributed by atoms with Gasteiger partial charge in [-0.2, -0.15) is 12.6 Å². The monoisotopic (exact) mass is 210 g/mol. The van der Waals surface area contributed by atoms with Crippen molar-refractivity contribution >= 4 is 24.4 Å². The van der Waals surface area contributed by atoms with Gasteiger partial charge in [-0.1, -0.05) is 29.8 Å². The smallest absolute Gasteiger partial charge is 0.324 e. The number of carbonyl (C=O) groups excluding carboxylic acids is 1. The standard InChI is InChI=1S/C10H10O3S/c1-6-2-4-7(5-3-6)8(11)9(14)10(12)13/h2-5,9,14H,1H3,(H,12,13). The first-order valence-electron chi connectivity index (χ1n) is 4.04. The molecule has 3 nitrogen and oxygen atoms in total. The van der Waals surface area contributed by atoms with Crippen LogP contribution in [0.15, 0.2) is 24.3 Å². The predicted octanol–water partition coefficient (Wildman–Crippen LogP) is 1.56. The number of carboxylic acid groups (broad SMARTS) is 1. The fraction of sp³-hybridized carbons (Fsp3) is 0.200. The SMILES string of the molecule is Cc1ccc(C(=O)C(S)C(=O)O)cc1. The maximum absolute atomic E-state index is 11.4. The quantitative estimate of drug-likeness (QED) is 0.452. The van der Waals surface area contributed by atoms with Crippen LogP contribution in [-0.4, -0.2) is 22.1 Å². The maximum atomic E-state index is 11.4. The maximum Gasteiger partial charge on any atom is 0.324 e. The van der Waals surface area contributed by atoms with E-state index >= 15 is 0 Å². The van der Waals surface area contributed by atoms with Gasteiger partial charge in [-0.15, -0.1) is 0 Å². The Labute approximate surface area is 87.2 Å². The topological polar surface area (TPSA) is 54.4 Å². The van der Waals surface area contributed by atoms with Crippen LogP contribution in [0.25, 0.3) is 0 Å². The van der Waals surface area contributed by atoms with Crippen LogP contribution in [0.4, 0.5) is 0 Å². The Balaban J connectivity index is 2.90. The van der Waals surface area contributed by atoms with Gasteiger partial charge in [-0.05, 0) is 6.92 Å². The molecule has 0 aliphatic rings. The number of ketones is 1. The molecule has 0 saturated carbocycles. The summed E-state index contributed by atoms with van der Waals surface area (Å²) in [7, 11) is 0. The van der Waals surface area contributed by atoms with Crippen molar-refractivity contribution < 1.29 is 14.7 Å². The third-order valence-corrected chi connectivity index (χ3v) is 2.27. The van der Waals surface area contributed by atoms with Gasteiger partial charge in [-0.25, -0.2) is 0 Å². The van der Waals surface area contributed by atoms with Gasteiger partial charge < -0.3 is 5.11 Å². The van der Waals surface area contributed by atoms with Crippen LogP contribution in [0.3, 0.4) is 0 Å². The first-order valence-corrected chi connectivity index (χ1v) is 4.56. The average molecular weight is 210 g/mol. The predicted molar refractivity (Wildman–Crippen MR) is 55.9 cm³/mol. The van der Waals surface area contributed by atoms with Gasteiger partial charge in [0.15, 0.2) is 11.0 Å². The molecular formula is C10H10O3S. The highest BCUT2D eigenvalue weighted by molar-refractivity contribution is 7.82. The third-order valence-electron chi connectivity index (χ3n) is 1.82. The van der Waals surface area contributed by atoms with Crippen LogP contribution >= 0.6 is 12.6 Å². The van der Waals surface area contributed by atoms with E-state index in [4.69, 9.17) is 5.11 Å². The van der Waals surface area contributed by atoms with Gasteiger partial charge in [0.1, 0.15) is 0 Å². The number of carboxylic acids is 1. The third kappa shape index (κ3) is 2.35. The van der Waals surface area contributed by atoms with Crippen LogP contribution in [-0.2, 0) is 4.79 Å². The van der Waals surface area contributed by atoms with Crippen molar-refractivity contribution in [2.24, 2.45) is 0 Å². The first kappa shape index (κ1) is 10.8. The molecule has 1 aromatic rings. The number of hydrogen-bond acceptors (Lipinski definition) is 3. The minimum atomic E-state index is -1.28. The number of benzene rings is 1. The first-order chi connectivity index (χ1) is 6.52. The van der Waals surface area contributed by atoms with Gasteiger partial charge in [-0.3, -0.25) is 9.59 Å². The molecular weight excluding hydrogens is 200 g/mol. The van der Waals surface area contributed by atoms with Crippen molar-refractivity contribution in [1.82, 2.24) is 0 Å². The Bertz CT molecular complexity index is 356. The van der Waals surface area contributed by atoms with E-state index in [-0.39, 0.29) is 0 Å². The highest BCUT2D eigenvalue weighted by Crippen LogP contribution is 2.09. The van der Waals surface area contributed by atoms with E-state index in [1.165, 1.54) is 0 Å². The summed E-state index contributed by atoms with van der Waals surface area (Å²) in [6.45, 7) is 1.89. The minimum Gasteiger partial charge on any atom is -0.480 e. The fourth-order valence-electron chi connectivity index (χ4n) is 0.988. The number of aryl methyl sites for hydroxylation is 1. The summed E-state index contributed by atoms with van der Waals surface area (Å²) in [6, 6.07) is 6.72. The van der Waals surface area contributed by atoms with Gasteiger partial charge in [0.25, 0.3) is 0 Å². The molecule has 1 N–H and O–H groups in total. The van der Waals surface area contributed by atoms with Crippen molar-refractivity contribution in [3.8, 4) is 0 Å². The summed E-state index contributed by atoms with van der Waals surface area (Å²) in [4.78, 5) is 21.9. The van der Waals surface area contributed by atoms with E-state index in [0.717, 1.165) is 5.56 Å². The van der Waals surface area contributed by atoms with Crippen molar-refractivity contribution in [3.05, 3.63) is 35.4 Å². The van der Waals surface area contributed by atoms with Crippen LogP contribution in [0, 0.1) is 6.92 Å². The van der Waals surface area contributed by atoms with E-state index in [1.54, 1.807) is 24.3 Å². The second-order valence-electron chi connectivity index (χ2n) is 2.97. The van der Waals surface area contributed by atoms with Gasteiger partial charge in [0.05, 0.1) is 0 Å². The number of rotatable bonds is 3. The van der Waals surface area contributed by atoms with Gasteiger partial charge in [0, 0.05) is 5.56 Å². The molecule has 0 aliphatic heterocycles. The molecule has 0 aliphatic carbocycles. The van der Waals surface area contributed by atoms with Crippen molar-refractivity contribution in [1.29, 1.82) is 0 Å². The molecule has 0 spiro atoms. The van der Waals surface area contributed by atoms with E-state index in [0.29, 0.717) is 5.56 Å². The molecule has 1 aromatic carbocycles. The zero-order valence-electron chi connectivity index (χ0n) is 7.60. The number of Topliss-reactive ketones (excluding diaryl/α,β-unsaturated/α-hetero) is 1. The molecule has 14 heavy (non-hydrogen) atoms. The summed E-state index contributed by atoms with van der Waals surface area (Å²) in [5.41, 5.74) is 1.39. The number of aliphatic carboxylic acids is 1. The summed E-state index contributed by atoms with van der Waals surface area (Å²) in [5, 5.41) is 7.29. The highest BCUT2D eigenvalue weighted by Gasteiger charge is 2.22. The van der Waals surface area contributed by atoms with Crippen LogP contribution in [0.5, 0.6) is 0 Å².